The molecule has 0 spiro atoms. The Balaban J connectivity index is 2.05. The lowest BCUT2D eigenvalue weighted by Crippen LogP contribution is -2.32. The predicted molar refractivity (Wildman–Crippen MR) is 77.3 cm³/mol. The predicted octanol–water partition coefficient (Wildman–Crippen LogP) is 2.96. The third kappa shape index (κ3) is 3.91. The van der Waals surface area contributed by atoms with E-state index in [1.165, 1.54) is 0 Å². The van der Waals surface area contributed by atoms with Crippen molar-refractivity contribution in [2.24, 2.45) is 0 Å². The Morgan fingerprint density at radius 3 is 2.80 bits per heavy atom. The van der Waals surface area contributed by atoms with Gasteiger partial charge in [0.15, 0.2) is 0 Å². The maximum Gasteiger partial charge on any atom is 0.407 e. The first-order valence-electron chi connectivity index (χ1n) is 6.53. The van der Waals surface area contributed by atoms with Gasteiger partial charge in [-0.15, -0.1) is 0 Å². The normalized spacial score (nSPS) is 11.4. The molecule has 0 aliphatic rings. The number of hydrogen-bond acceptors (Lipinski definition) is 4. The summed E-state index contributed by atoms with van der Waals surface area (Å²) in [6, 6.07) is 5.80. The van der Waals surface area contributed by atoms with Crippen LogP contribution in [0, 0.1) is 6.92 Å². The number of amides is 1. The van der Waals surface area contributed by atoms with Crippen molar-refractivity contribution in [1.82, 2.24) is 15.3 Å². The van der Waals surface area contributed by atoms with Crippen molar-refractivity contribution in [2.45, 2.75) is 39.8 Å². The van der Waals surface area contributed by atoms with Crippen molar-refractivity contribution in [3.05, 3.63) is 35.8 Å². The van der Waals surface area contributed by atoms with Crippen LogP contribution in [0.1, 0.15) is 32.2 Å². The molecule has 5 heteroatoms. The van der Waals surface area contributed by atoms with Crippen LogP contribution in [0.5, 0.6) is 0 Å². The molecule has 0 atom stereocenters. The van der Waals surface area contributed by atoms with Crippen LogP contribution in [-0.4, -0.2) is 21.7 Å². The molecule has 5 nitrogen and oxygen atoms in total. The summed E-state index contributed by atoms with van der Waals surface area (Å²) in [7, 11) is 0. The molecule has 2 rings (SSSR count). The first kappa shape index (κ1) is 14.2. The molecule has 0 saturated heterocycles. The van der Waals surface area contributed by atoms with Crippen LogP contribution in [-0.2, 0) is 11.3 Å². The molecule has 0 fully saturated rings. The first-order chi connectivity index (χ1) is 9.33. The second-order valence-electron chi connectivity index (χ2n) is 5.68. The summed E-state index contributed by atoms with van der Waals surface area (Å²) >= 11 is 0. The first-order valence-corrected chi connectivity index (χ1v) is 6.53. The monoisotopic (exact) mass is 273 g/mol. The molecule has 0 unspecified atom stereocenters. The molecule has 20 heavy (non-hydrogen) atoms. The molecule has 1 amide bonds. The number of carbonyl (C=O) groups is 1. The maximum atomic E-state index is 11.6. The Bertz CT molecular complexity index is 633. The molecule has 0 aliphatic carbocycles. The van der Waals surface area contributed by atoms with Crippen molar-refractivity contribution in [3.63, 3.8) is 0 Å². The summed E-state index contributed by atoms with van der Waals surface area (Å²) in [5.74, 6) is 0. The van der Waals surface area contributed by atoms with Crippen molar-refractivity contribution in [1.29, 1.82) is 0 Å². The average molecular weight is 273 g/mol. The number of fused-ring (bicyclic) bond motifs is 1. The number of aromatic nitrogens is 2. The highest BCUT2D eigenvalue weighted by atomic mass is 16.6. The Morgan fingerprint density at radius 2 is 2.10 bits per heavy atom. The summed E-state index contributed by atoms with van der Waals surface area (Å²) in [6.45, 7) is 7.74. The van der Waals surface area contributed by atoms with Gasteiger partial charge in [-0.25, -0.2) is 4.79 Å². The lowest BCUT2D eigenvalue weighted by atomic mass is 10.2. The van der Waals surface area contributed by atoms with Gasteiger partial charge in [0, 0.05) is 17.3 Å². The zero-order valence-electron chi connectivity index (χ0n) is 12.2. The van der Waals surface area contributed by atoms with Gasteiger partial charge in [0.1, 0.15) is 5.60 Å². The van der Waals surface area contributed by atoms with Crippen LogP contribution in [0.3, 0.4) is 0 Å². The Morgan fingerprint density at radius 1 is 1.35 bits per heavy atom. The fraction of sp³-hybridized carbons (Fsp3) is 0.400. The minimum Gasteiger partial charge on any atom is -0.444 e. The number of nitrogens with zero attached hydrogens (tertiary/aromatic N) is 2. The van der Waals surface area contributed by atoms with E-state index in [0.717, 1.165) is 22.3 Å². The largest absolute Gasteiger partial charge is 0.444 e. The van der Waals surface area contributed by atoms with Crippen molar-refractivity contribution >= 4 is 17.0 Å². The lowest BCUT2D eigenvalue weighted by molar-refractivity contribution is 0.0523. The molecule has 1 N–H and O–H groups in total. The van der Waals surface area contributed by atoms with E-state index in [-0.39, 0.29) is 0 Å². The average Bonchev–Trinajstić information content (AvgIpc) is 2.33. The summed E-state index contributed by atoms with van der Waals surface area (Å²) in [4.78, 5) is 20.3. The highest BCUT2D eigenvalue weighted by Crippen LogP contribution is 2.12. The van der Waals surface area contributed by atoms with Gasteiger partial charge >= 0.3 is 6.09 Å². The zero-order chi connectivity index (χ0) is 14.8. The molecule has 0 radical (unpaired) electrons. The second kappa shape index (κ2) is 5.45. The standard InChI is InChI=1S/C15H19N3O2/c1-10-5-6-11-8-16-12(7-13(11)18-10)9-17-14(19)20-15(2,3)4/h5-8H,9H2,1-4H3,(H,17,19). The number of rotatable bonds is 2. The minimum absolute atomic E-state index is 0.320. The third-order valence-corrected chi connectivity index (χ3v) is 2.58. The van der Waals surface area contributed by atoms with E-state index in [2.05, 4.69) is 15.3 Å². The topological polar surface area (TPSA) is 64.1 Å². The third-order valence-electron chi connectivity index (χ3n) is 2.58. The quantitative estimate of drug-likeness (QED) is 0.913. The number of aryl methyl sites for hydroxylation is 1. The van der Waals surface area contributed by atoms with Gasteiger partial charge in [-0.3, -0.25) is 9.97 Å². The number of ether oxygens (including phenoxy) is 1. The highest BCUT2D eigenvalue weighted by molar-refractivity contribution is 5.78. The molecule has 2 aromatic heterocycles. The SMILES string of the molecule is Cc1ccc2cnc(CNC(=O)OC(C)(C)C)cc2n1. The molecule has 0 aliphatic heterocycles. The van der Waals surface area contributed by atoms with Crippen LogP contribution < -0.4 is 5.32 Å². The number of hydrogen-bond donors (Lipinski definition) is 1. The Hall–Kier alpha value is -2.17. The van der Waals surface area contributed by atoms with Gasteiger partial charge in [-0.1, -0.05) is 0 Å². The molecular weight excluding hydrogens is 254 g/mol. The van der Waals surface area contributed by atoms with E-state index in [1.807, 2.05) is 45.9 Å². The summed E-state index contributed by atoms with van der Waals surface area (Å²) < 4.78 is 5.17. The van der Waals surface area contributed by atoms with Crippen LogP contribution in [0.15, 0.2) is 24.4 Å². The molecule has 0 aromatic carbocycles. The van der Waals surface area contributed by atoms with Gasteiger partial charge in [-0.05, 0) is 45.9 Å². The summed E-state index contributed by atoms with van der Waals surface area (Å²) in [6.07, 6.45) is 1.31. The van der Waals surface area contributed by atoms with Gasteiger partial charge < -0.3 is 10.1 Å². The molecular formula is C15H19N3O2. The Kier molecular flexibility index (Phi) is 3.88. The fourth-order valence-corrected chi connectivity index (χ4v) is 1.73. The fourth-order valence-electron chi connectivity index (χ4n) is 1.73. The van der Waals surface area contributed by atoms with Crippen LogP contribution in [0.25, 0.3) is 10.9 Å². The van der Waals surface area contributed by atoms with E-state index in [1.54, 1.807) is 6.20 Å². The summed E-state index contributed by atoms with van der Waals surface area (Å²) in [5, 5.41) is 3.67. The van der Waals surface area contributed by atoms with E-state index in [4.69, 9.17) is 4.74 Å². The van der Waals surface area contributed by atoms with Crippen LogP contribution >= 0.6 is 0 Å². The molecule has 106 valence electrons. The number of nitrogens with one attached hydrogen (secondary N) is 1. The Labute approximate surface area is 118 Å². The summed E-state index contributed by atoms with van der Waals surface area (Å²) in [5.41, 5.74) is 2.08. The van der Waals surface area contributed by atoms with E-state index in [0.29, 0.717) is 6.54 Å². The zero-order valence-corrected chi connectivity index (χ0v) is 12.2. The molecule has 2 aromatic rings. The molecule has 2 heterocycles. The number of alkyl carbamates (subject to hydrolysis) is 1. The highest BCUT2D eigenvalue weighted by Gasteiger charge is 2.15. The van der Waals surface area contributed by atoms with E-state index in [9.17, 15) is 4.79 Å². The minimum atomic E-state index is -0.500. The van der Waals surface area contributed by atoms with Crippen molar-refractivity contribution < 1.29 is 9.53 Å². The van der Waals surface area contributed by atoms with Gasteiger partial charge in [-0.2, -0.15) is 0 Å². The van der Waals surface area contributed by atoms with Gasteiger partial charge in [0.2, 0.25) is 0 Å². The molecule has 0 saturated carbocycles. The van der Waals surface area contributed by atoms with Crippen LogP contribution in [0.2, 0.25) is 0 Å². The maximum absolute atomic E-state index is 11.6. The second-order valence-corrected chi connectivity index (χ2v) is 5.68. The van der Waals surface area contributed by atoms with E-state index < -0.39 is 11.7 Å². The van der Waals surface area contributed by atoms with Crippen molar-refractivity contribution in [2.75, 3.05) is 0 Å². The van der Waals surface area contributed by atoms with E-state index >= 15 is 0 Å². The smallest absolute Gasteiger partial charge is 0.407 e. The number of pyridine rings is 2. The lowest BCUT2D eigenvalue weighted by Gasteiger charge is -2.19. The van der Waals surface area contributed by atoms with Gasteiger partial charge in [0.05, 0.1) is 17.8 Å². The number of carbonyl (C=O) groups excluding carboxylic acids is 1. The van der Waals surface area contributed by atoms with Crippen LogP contribution in [0.4, 0.5) is 4.79 Å². The van der Waals surface area contributed by atoms with Crippen molar-refractivity contribution in [3.8, 4) is 0 Å². The molecule has 0 bridgehead atoms. The van der Waals surface area contributed by atoms with Gasteiger partial charge in [0.25, 0.3) is 0 Å².